The first-order valence-corrected chi connectivity index (χ1v) is 2.24. The van der Waals surface area contributed by atoms with E-state index >= 15 is 0 Å². The van der Waals surface area contributed by atoms with Crippen LogP contribution in [0.2, 0.25) is 0 Å². The third-order valence-electron chi connectivity index (χ3n) is 0.789. The van der Waals surface area contributed by atoms with Gasteiger partial charge >= 0.3 is 0 Å². The van der Waals surface area contributed by atoms with Gasteiger partial charge in [0.1, 0.15) is 0 Å². The molecule has 0 aliphatic carbocycles. The molecule has 1 rings (SSSR count). The third kappa shape index (κ3) is 1.79. The highest BCUT2D eigenvalue weighted by molar-refractivity contribution is 5.53. The monoisotopic (exact) mass is 117 g/mol. The maximum absolute atomic E-state index is 9.54. The van der Waals surface area contributed by atoms with Crippen LogP contribution in [0.3, 0.4) is 0 Å². The van der Waals surface area contributed by atoms with Crippen LogP contribution < -0.4 is 5.11 Å². The zero-order valence-electron chi connectivity index (χ0n) is 4.12. The number of epoxide rings is 1. The molecule has 8 heavy (non-hydrogen) atoms. The zero-order chi connectivity index (χ0) is 5.98. The number of carboxylic acid groups (broad SMARTS) is 1. The summed E-state index contributed by atoms with van der Waals surface area (Å²) in [6, 6.07) is 0. The van der Waals surface area contributed by atoms with E-state index in [9.17, 15) is 9.90 Å². The molecule has 0 saturated carbocycles. The zero-order valence-corrected chi connectivity index (χ0v) is 4.12. The van der Waals surface area contributed by atoms with E-state index in [-0.39, 0.29) is 12.7 Å². The van der Waals surface area contributed by atoms with E-state index in [0.717, 1.165) is 0 Å². The van der Waals surface area contributed by atoms with Crippen molar-refractivity contribution in [2.24, 2.45) is 0 Å². The van der Waals surface area contributed by atoms with E-state index in [2.05, 4.69) is 9.47 Å². The van der Waals surface area contributed by atoms with Crippen LogP contribution in [0.5, 0.6) is 0 Å². The van der Waals surface area contributed by atoms with Crippen molar-refractivity contribution in [3.05, 3.63) is 0 Å². The second-order valence-electron chi connectivity index (χ2n) is 1.52. The molecule has 1 fully saturated rings. The minimum atomic E-state index is -1.49. The number of hydrogen-bond acceptors (Lipinski definition) is 4. The number of hydrogen-bond donors (Lipinski definition) is 0. The Kier molecular flexibility index (Phi) is 1.34. The lowest BCUT2D eigenvalue weighted by atomic mass is 10.5. The highest BCUT2D eigenvalue weighted by atomic mass is 16.7. The first kappa shape index (κ1) is 5.37. The molecule has 0 aromatic rings. The van der Waals surface area contributed by atoms with Crippen LogP contribution in [0.1, 0.15) is 0 Å². The van der Waals surface area contributed by atoms with Gasteiger partial charge in [-0.05, 0) is 0 Å². The molecular formula is C4H5O4-. The van der Waals surface area contributed by atoms with E-state index in [1.165, 1.54) is 0 Å². The maximum atomic E-state index is 9.54. The van der Waals surface area contributed by atoms with Crippen molar-refractivity contribution in [3.63, 3.8) is 0 Å². The molecule has 46 valence electrons. The van der Waals surface area contributed by atoms with E-state index in [4.69, 9.17) is 0 Å². The predicted octanol–water partition coefficient (Wildman–Crippen LogP) is -1.25. The predicted molar refractivity (Wildman–Crippen MR) is 21.1 cm³/mol. The molecule has 1 unspecified atom stereocenters. The normalized spacial score (nSPS) is 24.8. The van der Waals surface area contributed by atoms with Crippen LogP contribution in [0, 0.1) is 0 Å². The van der Waals surface area contributed by atoms with Gasteiger partial charge in [0.2, 0.25) is 0 Å². The summed E-state index contributed by atoms with van der Waals surface area (Å²) < 4.78 is 8.69. The molecule has 1 heterocycles. The highest BCUT2D eigenvalue weighted by Crippen LogP contribution is 2.07. The van der Waals surface area contributed by atoms with Gasteiger partial charge in [0.15, 0.2) is 0 Å². The van der Waals surface area contributed by atoms with Gasteiger partial charge < -0.3 is 19.4 Å². The second kappa shape index (κ2) is 2.00. The molecule has 0 spiro atoms. The minimum absolute atomic E-state index is 0.00657. The molecule has 0 N–H and O–H groups in total. The van der Waals surface area contributed by atoms with Gasteiger partial charge in [0.25, 0.3) is 6.16 Å². The van der Waals surface area contributed by atoms with Crippen LogP contribution in [0.15, 0.2) is 0 Å². The smallest absolute Gasteiger partial charge is 0.252 e. The first-order valence-electron chi connectivity index (χ1n) is 2.24. The summed E-state index contributed by atoms with van der Waals surface area (Å²) in [5, 5.41) is 9.54. The number of rotatable bonds is 2. The molecule has 1 aliphatic heterocycles. The molecule has 0 aromatic carbocycles. The average Bonchev–Trinajstić information content (AvgIpc) is 2.41. The van der Waals surface area contributed by atoms with Gasteiger partial charge in [-0.3, -0.25) is 0 Å². The van der Waals surface area contributed by atoms with Crippen LogP contribution in [0.4, 0.5) is 4.79 Å². The molecule has 1 aliphatic rings. The number of carbonyl (C=O) groups excluding carboxylic acids is 1. The molecule has 0 amide bonds. The van der Waals surface area contributed by atoms with Gasteiger partial charge in [-0.25, -0.2) is 0 Å². The Hall–Kier alpha value is -0.770. The summed E-state index contributed by atoms with van der Waals surface area (Å²) in [7, 11) is 0. The van der Waals surface area contributed by atoms with Gasteiger partial charge in [-0.2, -0.15) is 0 Å². The fraction of sp³-hybridized carbons (Fsp3) is 0.750. The summed E-state index contributed by atoms with van der Waals surface area (Å²) in [4.78, 5) is 9.54. The Morgan fingerprint density at radius 1 is 2.00 bits per heavy atom. The topological polar surface area (TPSA) is 61.9 Å². The first-order chi connectivity index (χ1) is 3.79. The van der Waals surface area contributed by atoms with Crippen molar-refractivity contribution in [3.8, 4) is 0 Å². The van der Waals surface area contributed by atoms with Crippen molar-refractivity contribution in [1.29, 1.82) is 0 Å². The lowest BCUT2D eigenvalue weighted by molar-refractivity contribution is -0.282. The Morgan fingerprint density at radius 2 is 2.62 bits per heavy atom. The van der Waals surface area contributed by atoms with Crippen molar-refractivity contribution < 1.29 is 19.4 Å². The quantitative estimate of drug-likeness (QED) is 0.334. The molecule has 0 bridgehead atoms. The van der Waals surface area contributed by atoms with Gasteiger partial charge in [-0.15, -0.1) is 0 Å². The average molecular weight is 117 g/mol. The maximum Gasteiger partial charge on any atom is 0.252 e. The van der Waals surface area contributed by atoms with E-state index < -0.39 is 6.16 Å². The second-order valence-corrected chi connectivity index (χ2v) is 1.52. The Labute approximate surface area is 46.0 Å². The van der Waals surface area contributed by atoms with Crippen LogP contribution in [-0.4, -0.2) is 25.5 Å². The molecule has 0 aromatic heterocycles. The van der Waals surface area contributed by atoms with Gasteiger partial charge in [0.05, 0.1) is 19.3 Å². The SMILES string of the molecule is O=C([O-])OCC1CO1. The van der Waals surface area contributed by atoms with Crippen molar-refractivity contribution in [1.82, 2.24) is 0 Å². The minimum Gasteiger partial charge on any atom is -0.547 e. The molecule has 0 radical (unpaired) electrons. The van der Waals surface area contributed by atoms with Crippen LogP contribution in [0.25, 0.3) is 0 Å². The Bertz CT molecular complexity index is 96.2. The summed E-state index contributed by atoms with van der Waals surface area (Å²) >= 11 is 0. The van der Waals surface area contributed by atoms with Crippen molar-refractivity contribution >= 4 is 6.16 Å². The van der Waals surface area contributed by atoms with Gasteiger partial charge in [0, 0.05) is 0 Å². The van der Waals surface area contributed by atoms with Crippen LogP contribution in [-0.2, 0) is 9.47 Å². The molecule has 4 heteroatoms. The lowest BCUT2D eigenvalue weighted by Gasteiger charge is -2.02. The number of carbonyl (C=O) groups is 1. The van der Waals surface area contributed by atoms with Crippen LogP contribution >= 0.6 is 0 Å². The molecule has 1 saturated heterocycles. The van der Waals surface area contributed by atoms with Crippen molar-refractivity contribution in [2.75, 3.05) is 13.2 Å². The fourth-order valence-corrected chi connectivity index (χ4v) is 0.325. The summed E-state index contributed by atoms with van der Waals surface area (Å²) in [6.07, 6.45) is -1.49. The van der Waals surface area contributed by atoms with E-state index in [1.807, 2.05) is 0 Å². The molecule has 4 nitrogen and oxygen atoms in total. The fourth-order valence-electron chi connectivity index (χ4n) is 0.325. The molecule has 1 atom stereocenters. The summed E-state index contributed by atoms with van der Waals surface area (Å²) in [5.41, 5.74) is 0. The summed E-state index contributed by atoms with van der Waals surface area (Å²) in [5.74, 6) is 0. The summed E-state index contributed by atoms with van der Waals surface area (Å²) in [6.45, 7) is 0.718. The van der Waals surface area contributed by atoms with E-state index in [1.54, 1.807) is 0 Å². The van der Waals surface area contributed by atoms with E-state index in [0.29, 0.717) is 6.61 Å². The third-order valence-corrected chi connectivity index (χ3v) is 0.789. The Balaban J connectivity index is 1.95. The largest absolute Gasteiger partial charge is 0.547 e. The van der Waals surface area contributed by atoms with Crippen molar-refractivity contribution in [2.45, 2.75) is 6.10 Å². The molecular weight excluding hydrogens is 112 g/mol. The lowest BCUT2D eigenvalue weighted by Crippen LogP contribution is -2.25. The number of ether oxygens (including phenoxy) is 2. The highest BCUT2D eigenvalue weighted by Gasteiger charge is 2.20. The Morgan fingerprint density at radius 3 is 3.00 bits per heavy atom. The van der Waals surface area contributed by atoms with Gasteiger partial charge in [-0.1, -0.05) is 0 Å². The standard InChI is InChI=1S/C4H6O4/c5-4(6)8-2-3-1-7-3/h3H,1-2H2,(H,5,6)/p-1.